The van der Waals surface area contributed by atoms with Crippen molar-refractivity contribution in [2.75, 3.05) is 20.6 Å². The largest absolute Gasteiger partial charge is 0.302 e. The molecule has 3 unspecified atom stereocenters. The van der Waals surface area contributed by atoms with Crippen molar-refractivity contribution in [1.82, 2.24) is 9.80 Å². The van der Waals surface area contributed by atoms with Crippen molar-refractivity contribution in [3.63, 3.8) is 0 Å². The summed E-state index contributed by atoms with van der Waals surface area (Å²) in [6.07, 6.45) is 1.29. The molecule has 0 spiro atoms. The van der Waals surface area contributed by atoms with Gasteiger partial charge in [-0.2, -0.15) is 0 Å². The molecule has 72 valence electrons. The second kappa shape index (κ2) is 3.75. The average Bonchev–Trinajstić information content (AvgIpc) is 2.07. The molecule has 0 aromatic rings. The fourth-order valence-electron chi connectivity index (χ4n) is 2.00. The molecule has 0 radical (unpaired) electrons. The molecule has 0 amide bonds. The quantitative estimate of drug-likeness (QED) is 0.542. The summed E-state index contributed by atoms with van der Waals surface area (Å²) >= 11 is 0. The molecule has 1 rings (SSSR count). The van der Waals surface area contributed by atoms with Gasteiger partial charge in [0, 0.05) is 24.7 Å². The first kappa shape index (κ1) is 10.0. The van der Waals surface area contributed by atoms with E-state index in [4.69, 9.17) is 0 Å². The van der Waals surface area contributed by atoms with E-state index < -0.39 is 0 Å². The zero-order valence-corrected chi connectivity index (χ0v) is 9.04. The topological polar surface area (TPSA) is 6.48 Å². The molecule has 1 aliphatic rings. The average molecular weight is 170 g/mol. The third-order valence-electron chi connectivity index (χ3n) is 3.38. The lowest BCUT2D eigenvalue weighted by atomic mass is 10.1. The summed E-state index contributed by atoms with van der Waals surface area (Å²) in [5.74, 6) is 0. The first-order chi connectivity index (χ1) is 5.52. The second-order valence-corrected chi connectivity index (χ2v) is 4.39. The maximum atomic E-state index is 2.49. The molecule has 1 fully saturated rings. The molecule has 0 N–H and O–H groups in total. The molecule has 2 heteroatoms. The van der Waals surface area contributed by atoms with Gasteiger partial charge in [0.05, 0.1) is 0 Å². The van der Waals surface area contributed by atoms with Crippen LogP contribution in [-0.2, 0) is 0 Å². The summed E-state index contributed by atoms with van der Waals surface area (Å²) in [5, 5.41) is 0. The Bertz CT molecular complexity index is 131. The Morgan fingerprint density at radius 2 is 1.50 bits per heavy atom. The Morgan fingerprint density at radius 1 is 0.917 bits per heavy atom. The van der Waals surface area contributed by atoms with E-state index in [0.29, 0.717) is 6.04 Å². The molecule has 1 aliphatic heterocycles. The van der Waals surface area contributed by atoms with Crippen molar-refractivity contribution in [3.05, 3.63) is 0 Å². The number of rotatable bonds is 0. The van der Waals surface area contributed by atoms with Gasteiger partial charge in [-0.15, -0.1) is 0 Å². The van der Waals surface area contributed by atoms with Gasteiger partial charge in [0.25, 0.3) is 0 Å². The minimum Gasteiger partial charge on any atom is -0.302 e. The van der Waals surface area contributed by atoms with E-state index in [2.05, 4.69) is 44.7 Å². The lowest BCUT2D eigenvalue weighted by Gasteiger charge is -2.27. The maximum absolute atomic E-state index is 2.49. The van der Waals surface area contributed by atoms with Crippen molar-refractivity contribution in [3.8, 4) is 0 Å². The third kappa shape index (κ3) is 1.99. The van der Waals surface area contributed by atoms with Crippen LogP contribution >= 0.6 is 0 Å². The first-order valence-electron chi connectivity index (χ1n) is 4.94. The fraction of sp³-hybridized carbons (Fsp3) is 1.00. The molecule has 1 saturated heterocycles. The Balaban J connectivity index is 2.64. The standard InChI is InChI=1S/C10H22N2/c1-8-6-9(2)12(5)10(3)7-11(8)4/h8-10H,6-7H2,1-5H3. The van der Waals surface area contributed by atoms with Gasteiger partial charge in [-0.3, -0.25) is 4.90 Å². The van der Waals surface area contributed by atoms with Crippen molar-refractivity contribution in [2.24, 2.45) is 0 Å². The van der Waals surface area contributed by atoms with Crippen LogP contribution in [0.15, 0.2) is 0 Å². The highest BCUT2D eigenvalue weighted by Crippen LogP contribution is 2.17. The van der Waals surface area contributed by atoms with Crippen molar-refractivity contribution >= 4 is 0 Å². The van der Waals surface area contributed by atoms with Gasteiger partial charge in [-0.05, 0) is 41.3 Å². The molecular formula is C10H22N2. The van der Waals surface area contributed by atoms with Crippen LogP contribution in [0, 0.1) is 0 Å². The molecule has 0 aromatic heterocycles. The van der Waals surface area contributed by atoms with Gasteiger partial charge in [0.1, 0.15) is 0 Å². The van der Waals surface area contributed by atoms with Crippen LogP contribution in [0.5, 0.6) is 0 Å². The lowest BCUT2D eigenvalue weighted by molar-refractivity contribution is 0.195. The smallest absolute Gasteiger partial charge is 0.0194 e. The third-order valence-corrected chi connectivity index (χ3v) is 3.38. The Labute approximate surface area is 76.5 Å². The summed E-state index contributed by atoms with van der Waals surface area (Å²) in [5.41, 5.74) is 0. The Morgan fingerprint density at radius 3 is 2.08 bits per heavy atom. The van der Waals surface area contributed by atoms with Crippen LogP contribution in [0.2, 0.25) is 0 Å². The highest BCUT2D eigenvalue weighted by atomic mass is 15.2. The van der Waals surface area contributed by atoms with Gasteiger partial charge in [-0.25, -0.2) is 0 Å². The van der Waals surface area contributed by atoms with Crippen LogP contribution in [0.1, 0.15) is 27.2 Å². The molecule has 0 aliphatic carbocycles. The van der Waals surface area contributed by atoms with Gasteiger partial charge >= 0.3 is 0 Å². The summed E-state index contributed by atoms with van der Waals surface area (Å²) in [7, 11) is 4.47. The predicted molar refractivity (Wildman–Crippen MR) is 53.4 cm³/mol. The number of hydrogen-bond acceptors (Lipinski definition) is 2. The molecule has 12 heavy (non-hydrogen) atoms. The Hall–Kier alpha value is -0.0800. The van der Waals surface area contributed by atoms with Crippen LogP contribution < -0.4 is 0 Å². The maximum Gasteiger partial charge on any atom is 0.0194 e. The van der Waals surface area contributed by atoms with Crippen molar-refractivity contribution in [2.45, 2.75) is 45.3 Å². The molecule has 0 aromatic carbocycles. The van der Waals surface area contributed by atoms with Crippen LogP contribution in [-0.4, -0.2) is 48.6 Å². The molecule has 0 bridgehead atoms. The van der Waals surface area contributed by atoms with E-state index in [1.165, 1.54) is 13.0 Å². The Kier molecular flexibility index (Phi) is 3.13. The normalized spacial score (nSPS) is 41.2. The second-order valence-electron chi connectivity index (χ2n) is 4.39. The van der Waals surface area contributed by atoms with Crippen LogP contribution in [0.4, 0.5) is 0 Å². The summed E-state index contributed by atoms with van der Waals surface area (Å²) in [4.78, 5) is 4.95. The molecular weight excluding hydrogens is 148 g/mol. The highest BCUT2D eigenvalue weighted by Gasteiger charge is 2.25. The summed E-state index contributed by atoms with van der Waals surface area (Å²) < 4.78 is 0. The molecule has 3 atom stereocenters. The molecule has 2 nitrogen and oxygen atoms in total. The van der Waals surface area contributed by atoms with Crippen LogP contribution in [0.3, 0.4) is 0 Å². The lowest BCUT2D eigenvalue weighted by Crippen LogP contribution is -2.38. The fourth-order valence-corrected chi connectivity index (χ4v) is 2.00. The van der Waals surface area contributed by atoms with E-state index in [-0.39, 0.29) is 0 Å². The monoisotopic (exact) mass is 170 g/mol. The van der Waals surface area contributed by atoms with Gasteiger partial charge in [0.15, 0.2) is 0 Å². The highest BCUT2D eigenvalue weighted by molar-refractivity contribution is 4.82. The van der Waals surface area contributed by atoms with E-state index in [0.717, 1.165) is 12.1 Å². The van der Waals surface area contributed by atoms with Gasteiger partial charge in [0.2, 0.25) is 0 Å². The van der Waals surface area contributed by atoms with Crippen molar-refractivity contribution in [1.29, 1.82) is 0 Å². The molecule has 0 saturated carbocycles. The van der Waals surface area contributed by atoms with E-state index in [9.17, 15) is 0 Å². The SMILES string of the molecule is CC1CC(C)N(C)C(C)CN1C. The zero-order chi connectivity index (χ0) is 9.30. The summed E-state index contributed by atoms with van der Waals surface area (Å²) in [6.45, 7) is 8.15. The minimum absolute atomic E-state index is 0.690. The number of hydrogen-bond donors (Lipinski definition) is 0. The van der Waals surface area contributed by atoms with Crippen LogP contribution in [0.25, 0.3) is 0 Å². The van der Waals surface area contributed by atoms with Gasteiger partial charge in [-0.1, -0.05) is 0 Å². The summed E-state index contributed by atoms with van der Waals surface area (Å²) in [6, 6.07) is 2.14. The van der Waals surface area contributed by atoms with E-state index >= 15 is 0 Å². The van der Waals surface area contributed by atoms with E-state index in [1.807, 2.05) is 0 Å². The minimum atomic E-state index is 0.690. The predicted octanol–water partition coefficient (Wildman–Crippen LogP) is 1.42. The first-order valence-corrected chi connectivity index (χ1v) is 4.94. The zero-order valence-electron chi connectivity index (χ0n) is 9.04. The molecule has 1 heterocycles. The number of likely N-dealkylation sites (N-methyl/N-ethyl adjacent to an activating group) is 2. The van der Waals surface area contributed by atoms with Gasteiger partial charge < -0.3 is 4.90 Å². The van der Waals surface area contributed by atoms with Crippen molar-refractivity contribution < 1.29 is 0 Å². The van der Waals surface area contributed by atoms with E-state index in [1.54, 1.807) is 0 Å². The number of nitrogens with zero attached hydrogens (tertiary/aromatic N) is 2.